The minimum Gasteiger partial charge on any atom is -0.480 e. The Balaban J connectivity index is 1.43. The third kappa shape index (κ3) is 4.67. The van der Waals surface area contributed by atoms with E-state index in [0.717, 1.165) is 44.2 Å². The van der Waals surface area contributed by atoms with Crippen LogP contribution in [0.15, 0.2) is 72.9 Å². The third-order valence-electron chi connectivity index (χ3n) is 6.63. The minimum absolute atomic E-state index is 0.386. The molecule has 0 aliphatic rings. The smallest absolute Gasteiger partial charge is 0.321 e. The Hall–Kier alpha value is -3.25. The molecule has 5 aromatic rings. The molecule has 5 rings (SSSR count). The van der Waals surface area contributed by atoms with Crippen molar-refractivity contribution in [1.82, 2.24) is 14.9 Å². The quantitative estimate of drug-likeness (QED) is 0.223. The fourth-order valence-electron chi connectivity index (χ4n) is 4.74. The summed E-state index contributed by atoms with van der Waals surface area (Å²) in [5.41, 5.74) is 6.19. The highest BCUT2D eigenvalue weighted by atomic mass is 35.5. The van der Waals surface area contributed by atoms with E-state index >= 15 is 0 Å². The van der Waals surface area contributed by atoms with E-state index < -0.39 is 12.0 Å². The molecule has 35 heavy (non-hydrogen) atoms. The fourth-order valence-corrected chi connectivity index (χ4v) is 5.21. The molecule has 2 heterocycles. The van der Waals surface area contributed by atoms with Gasteiger partial charge in [-0.25, -0.2) is 0 Å². The fraction of sp³-hybridized carbons (Fsp3) is 0.179. The number of benzene rings is 3. The molecule has 1 atom stereocenters. The summed E-state index contributed by atoms with van der Waals surface area (Å²) in [6.07, 6.45) is 2.28. The summed E-state index contributed by atoms with van der Waals surface area (Å²) in [7, 11) is 0. The van der Waals surface area contributed by atoms with E-state index in [0.29, 0.717) is 29.6 Å². The molecule has 2 aromatic heterocycles. The molecule has 0 saturated heterocycles. The number of hydrogen-bond donors (Lipinski definition) is 3. The van der Waals surface area contributed by atoms with Crippen LogP contribution >= 0.6 is 23.2 Å². The molecule has 7 heteroatoms. The van der Waals surface area contributed by atoms with Crippen molar-refractivity contribution in [2.75, 3.05) is 0 Å². The van der Waals surface area contributed by atoms with Crippen LogP contribution in [0, 0.1) is 6.92 Å². The molecule has 0 unspecified atom stereocenters. The lowest BCUT2D eigenvalue weighted by Gasteiger charge is -2.15. The predicted octanol–water partition coefficient (Wildman–Crippen LogP) is 6.57. The van der Waals surface area contributed by atoms with E-state index in [-0.39, 0.29) is 0 Å². The number of para-hydroxylation sites is 2. The second-order valence-electron chi connectivity index (χ2n) is 8.74. The molecular formula is C28H25Cl2N3O2. The maximum Gasteiger partial charge on any atom is 0.321 e. The number of nitrogens with zero attached hydrogens (tertiary/aromatic N) is 1. The molecule has 3 N–H and O–H groups in total. The highest BCUT2D eigenvalue weighted by Gasteiger charge is 2.21. The second-order valence-corrected chi connectivity index (χ2v) is 9.58. The highest BCUT2D eigenvalue weighted by molar-refractivity contribution is 6.35. The van der Waals surface area contributed by atoms with Gasteiger partial charge in [0, 0.05) is 63.3 Å². The number of aliphatic carboxylic acids is 1. The summed E-state index contributed by atoms with van der Waals surface area (Å²) in [5.74, 6) is -0.871. The van der Waals surface area contributed by atoms with Gasteiger partial charge >= 0.3 is 5.97 Å². The lowest BCUT2D eigenvalue weighted by Crippen LogP contribution is -2.38. The van der Waals surface area contributed by atoms with Crippen molar-refractivity contribution in [2.24, 2.45) is 0 Å². The van der Waals surface area contributed by atoms with Gasteiger partial charge in [0.2, 0.25) is 0 Å². The van der Waals surface area contributed by atoms with E-state index in [4.69, 9.17) is 23.2 Å². The standard InChI is InChI=1S/C28H25Cl2N3O2/c1-17-23(15-32-26(28(34)35)12-19-14-31-25-8-4-2-6-21(19)25)22-7-3-5-9-27(22)33(17)16-18-10-11-20(29)13-24(18)30/h2-11,13-14,26,31-32H,12,15-16H2,1H3,(H,34,35)/t26-/m0/s1. The van der Waals surface area contributed by atoms with Crippen LogP contribution in [0.4, 0.5) is 0 Å². The van der Waals surface area contributed by atoms with Crippen LogP contribution in [-0.2, 0) is 24.3 Å². The molecule has 0 aliphatic heterocycles. The zero-order chi connectivity index (χ0) is 24.5. The van der Waals surface area contributed by atoms with Gasteiger partial charge in [0.05, 0.1) is 0 Å². The van der Waals surface area contributed by atoms with Crippen LogP contribution < -0.4 is 5.32 Å². The Morgan fingerprint density at radius 3 is 2.54 bits per heavy atom. The Labute approximate surface area is 213 Å². The number of nitrogens with one attached hydrogen (secondary N) is 2. The van der Waals surface area contributed by atoms with E-state index in [1.165, 1.54) is 0 Å². The van der Waals surface area contributed by atoms with Crippen molar-refractivity contribution in [3.8, 4) is 0 Å². The van der Waals surface area contributed by atoms with E-state index in [2.05, 4.69) is 33.9 Å². The molecule has 0 saturated carbocycles. The first kappa shape index (κ1) is 23.5. The summed E-state index contributed by atoms with van der Waals surface area (Å²) < 4.78 is 2.22. The van der Waals surface area contributed by atoms with E-state index in [1.807, 2.05) is 54.7 Å². The van der Waals surface area contributed by atoms with Crippen LogP contribution in [0.25, 0.3) is 21.8 Å². The summed E-state index contributed by atoms with van der Waals surface area (Å²) in [5, 5.41) is 16.6. The lowest BCUT2D eigenvalue weighted by molar-refractivity contribution is -0.139. The molecule has 3 aromatic carbocycles. The molecule has 0 amide bonds. The first-order valence-electron chi connectivity index (χ1n) is 11.4. The number of H-pyrrole nitrogens is 1. The van der Waals surface area contributed by atoms with Crippen molar-refractivity contribution < 1.29 is 9.90 Å². The van der Waals surface area contributed by atoms with Gasteiger partial charge in [-0.1, -0.05) is 65.7 Å². The van der Waals surface area contributed by atoms with E-state index in [1.54, 1.807) is 6.07 Å². The lowest BCUT2D eigenvalue weighted by atomic mass is 10.0. The topological polar surface area (TPSA) is 70.1 Å². The van der Waals surface area contributed by atoms with Gasteiger partial charge in [0.1, 0.15) is 6.04 Å². The first-order chi connectivity index (χ1) is 16.9. The number of rotatable bonds is 8. The minimum atomic E-state index is -0.871. The maximum atomic E-state index is 12.1. The number of hydrogen-bond acceptors (Lipinski definition) is 2. The number of carboxylic acids is 1. The molecular weight excluding hydrogens is 481 g/mol. The van der Waals surface area contributed by atoms with Crippen LogP contribution in [0.3, 0.4) is 0 Å². The van der Waals surface area contributed by atoms with Crippen molar-refractivity contribution in [1.29, 1.82) is 0 Å². The molecule has 0 fully saturated rings. The Morgan fingerprint density at radius 1 is 1.03 bits per heavy atom. The molecule has 5 nitrogen and oxygen atoms in total. The van der Waals surface area contributed by atoms with Crippen LogP contribution in [0.2, 0.25) is 10.0 Å². The average molecular weight is 506 g/mol. The molecule has 0 spiro atoms. The number of carbonyl (C=O) groups is 1. The summed E-state index contributed by atoms with van der Waals surface area (Å²) >= 11 is 12.5. The number of halogens is 2. The monoisotopic (exact) mass is 505 g/mol. The summed E-state index contributed by atoms with van der Waals surface area (Å²) in [4.78, 5) is 15.4. The van der Waals surface area contributed by atoms with Crippen molar-refractivity contribution >= 4 is 51.0 Å². The Kier molecular flexibility index (Phi) is 6.56. The van der Waals surface area contributed by atoms with Crippen LogP contribution in [-0.4, -0.2) is 26.7 Å². The SMILES string of the molecule is Cc1c(CN[C@@H](Cc2c[nH]c3ccccc23)C(=O)O)c2ccccc2n1Cc1ccc(Cl)cc1Cl. The largest absolute Gasteiger partial charge is 0.480 e. The number of carboxylic acid groups (broad SMARTS) is 1. The first-order valence-corrected chi connectivity index (χ1v) is 12.2. The Morgan fingerprint density at radius 2 is 1.77 bits per heavy atom. The molecule has 0 aliphatic carbocycles. The van der Waals surface area contributed by atoms with Gasteiger partial charge < -0.3 is 14.7 Å². The highest BCUT2D eigenvalue weighted by Crippen LogP contribution is 2.29. The average Bonchev–Trinajstić information content (AvgIpc) is 3.37. The van der Waals surface area contributed by atoms with Gasteiger partial charge in [0.25, 0.3) is 0 Å². The number of aromatic amines is 1. The van der Waals surface area contributed by atoms with E-state index in [9.17, 15) is 9.90 Å². The molecule has 178 valence electrons. The zero-order valence-corrected chi connectivity index (χ0v) is 20.7. The van der Waals surface area contributed by atoms with Crippen molar-refractivity contribution in [3.05, 3.63) is 105 Å². The van der Waals surface area contributed by atoms with Gasteiger partial charge in [0.15, 0.2) is 0 Å². The summed E-state index contributed by atoms with van der Waals surface area (Å²) in [6.45, 7) is 3.10. The number of aromatic nitrogens is 2. The predicted molar refractivity (Wildman–Crippen MR) is 143 cm³/mol. The van der Waals surface area contributed by atoms with Gasteiger partial charge in [-0.15, -0.1) is 0 Å². The van der Waals surface area contributed by atoms with Crippen LogP contribution in [0.5, 0.6) is 0 Å². The normalized spacial score (nSPS) is 12.4. The zero-order valence-electron chi connectivity index (χ0n) is 19.2. The van der Waals surface area contributed by atoms with Gasteiger partial charge in [-0.2, -0.15) is 0 Å². The Bertz CT molecular complexity index is 1540. The summed E-state index contributed by atoms with van der Waals surface area (Å²) in [6, 6.07) is 20.9. The van der Waals surface area contributed by atoms with Crippen LogP contribution in [0.1, 0.15) is 22.4 Å². The second kappa shape index (κ2) is 9.78. The molecule has 0 radical (unpaired) electrons. The third-order valence-corrected chi connectivity index (χ3v) is 7.21. The van der Waals surface area contributed by atoms with Gasteiger partial charge in [-0.3, -0.25) is 10.1 Å². The number of fused-ring (bicyclic) bond motifs is 2. The van der Waals surface area contributed by atoms with Crippen molar-refractivity contribution in [3.63, 3.8) is 0 Å². The molecule has 0 bridgehead atoms. The maximum absolute atomic E-state index is 12.1. The van der Waals surface area contributed by atoms with Crippen molar-refractivity contribution in [2.45, 2.75) is 32.5 Å². The van der Waals surface area contributed by atoms with Gasteiger partial charge in [-0.05, 0) is 47.9 Å².